The fourth-order valence-corrected chi connectivity index (χ4v) is 2.51. The van der Waals surface area contributed by atoms with Crippen molar-refractivity contribution in [1.82, 2.24) is 10.6 Å². The Labute approximate surface area is 154 Å². The van der Waals surface area contributed by atoms with E-state index in [1.807, 2.05) is 55.5 Å². The number of hydrogen-bond acceptors (Lipinski definition) is 3. The van der Waals surface area contributed by atoms with Gasteiger partial charge in [0.2, 0.25) is 5.91 Å². The van der Waals surface area contributed by atoms with Gasteiger partial charge in [-0.15, -0.1) is 0 Å². The van der Waals surface area contributed by atoms with Gasteiger partial charge in [0.1, 0.15) is 0 Å². The summed E-state index contributed by atoms with van der Waals surface area (Å²) in [4.78, 5) is 23.2. The van der Waals surface area contributed by atoms with Gasteiger partial charge in [-0.05, 0) is 48.2 Å². The highest BCUT2D eigenvalue weighted by atomic mass is 16.5. The van der Waals surface area contributed by atoms with E-state index >= 15 is 0 Å². The van der Waals surface area contributed by atoms with Crippen molar-refractivity contribution in [1.29, 1.82) is 0 Å². The second kappa shape index (κ2) is 9.73. The van der Waals surface area contributed by atoms with Crippen molar-refractivity contribution in [2.45, 2.75) is 32.9 Å². The molecule has 0 bridgehead atoms. The van der Waals surface area contributed by atoms with Gasteiger partial charge in [-0.2, -0.15) is 0 Å². The molecule has 0 aliphatic rings. The lowest BCUT2D eigenvalue weighted by atomic mass is 10.0. The number of hydrogen-bond donors (Lipinski definition) is 2. The van der Waals surface area contributed by atoms with Crippen molar-refractivity contribution < 1.29 is 14.3 Å². The lowest BCUT2D eigenvalue weighted by Gasteiger charge is -2.10. The Balaban J connectivity index is 1.99. The molecule has 0 saturated carbocycles. The van der Waals surface area contributed by atoms with Crippen LogP contribution in [0.4, 0.5) is 0 Å². The van der Waals surface area contributed by atoms with Crippen LogP contribution in [0.5, 0.6) is 0 Å². The number of methoxy groups -OCH3 is 1. The molecule has 2 N–H and O–H groups in total. The first-order chi connectivity index (χ1) is 12.5. The van der Waals surface area contributed by atoms with Gasteiger partial charge in [0.15, 0.2) is 0 Å². The second-order valence-electron chi connectivity index (χ2n) is 6.28. The van der Waals surface area contributed by atoms with E-state index in [0.29, 0.717) is 18.7 Å². The minimum Gasteiger partial charge on any atom is -0.382 e. The summed E-state index contributed by atoms with van der Waals surface area (Å²) >= 11 is 0. The topological polar surface area (TPSA) is 67.4 Å². The standard InChI is InChI=1S/C21H26N2O3/c1-15(26-3)11-12-22-21(25)19-9-7-18(8-10-19)20-6-4-5-17(13-20)14-23-16(2)24/h4-10,13,15H,11-12,14H2,1-3H3,(H,22,25)(H,23,24). The summed E-state index contributed by atoms with van der Waals surface area (Å²) in [7, 11) is 1.66. The Hall–Kier alpha value is -2.66. The second-order valence-corrected chi connectivity index (χ2v) is 6.28. The van der Waals surface area contributed by atoms with Crippen LogP contribution in [-0.4, -0.2) is 31.6 Å². The highest BCUT2D eigenvalue weighted by molar-refractivity contribution is 5.94. The lowest BCUT2D eigenvalue weighted by Crippen LogP contribution is -2.26. The number of benzene rings is 2. The zero-order chi connectivity index (χ0) is 18.9. The SMILES string of the molecule is COC(C)CCNC(=O)c1ccc(-c2cccc(CNC(C)=O)c2)cc1. The lowest BCUT2D eigenvalue weighted by molar-refractivity contribution is -0.119. The van der Waals surface area contributed by atoms with E-state index in [0.717, 1.165) is 23.1 Å². The fourth-order valence-electron chi connectivity index (χ4n) is 2.51. The molecule has 2 aromatic rings. The van der Waals surface area contributed by atoms with Gasteiger partial charge in [0.05, 0.1) is 6.10 Å². The summed E-state index contributed by atoms with van der Waals surface area (Å²) in [5.41, 5.74) is 3.74. The Bertz CT molecular complexity index is 741. The predicted octanol–water partition coefficient (Wildman–Crippen LogP) is 3.14. The molecule has 0 saturated heterocycles. The molecule has 0 aliphatic heterocycles. The van der Waals surface area contributed by atoms with Gasteiger partial charge >= 0.3 is 0 Å². The first-order valence-electron chi connectivity index (χ1n) is 8.74. The third-order valence-electron chi connectivity index (χ3n) is 4.19. The first-order valence-corrected chi connectivity index (χ1v) is 8.74. The van der Waals surface area contributed by atoms with Crippen LogP contribution in [0.15, 0.2) is 48.5 Å². The number of carbonyl (C=O) groups excluding carboxylic acids is 2. The van der Waals surface area contributed by atoms with E-state index in [2.05, 4.69) is 10.6 Å². The number of carbonyl (C=O) groups is 2. The summed E-state index contributed by atoms with van der Waals surface area (Å²) in [6.45, 7) is 4.56. The molecule has 1 atom stereocenters. The van der Waals surface area contributed by atoms with Crippen LogP contribution in [0.3, 0.4) is 0 Å². The van der Waals surface area contributed by atoms with Crippen LogP contribution < -0.4 is 10.6 Å². The van der Waals surface area contributed by atoms with Gasteiger partial charge in [0, 0.05) is 32.7 Å². The summed E-state index contributed by atoms with van der Waals surface area (Å²) in [5.74, 6) is -0.134. The summed E-state index contributed by atoms with van der Waals surface area (Å²) in [6, 6.07) is 15.5. The molecule has 0 radical (unpaired) electrons. The van der Waals surface area contributed by atoms with Crippen molar-refractivity contribution >= 4 is 11.8 Å². The average Bonchev–Trinajstić information content (AvgIpc) is 2.66. The molecule has 26 heavy (non-hydrogen) atoms. The normalized spacial score (nSPS) is 11.7. The molecule has 0 aromatic heterocycles. The molecule has 2 aromatic carbocycles. The summed E-state index contributed by atoms with van der Waals surface area (Å²) in [5, 5.41) is 5.70. The van der Waals surface area contributed by atoms with Crippen LogP contribution in [-0.2, 0) is 16.1 Å². The maximum Gasteiger partial charge on any atom is 0.251 e. The van der Waals surface area contributed by atoms with E-state index in [1.165, 1.54) is 6.92 Å². The minimum atomic E-state index is -0.0840. The van der Waals surface area contributed by atoms with Crippen molar-refractivity contribution in [3.8, 4) is 11.1 Å². The number of ether oxygens (including phenoxy) is 1. The molecule has 0 heterocycles. The van der Waals surface area contributed by atoms with E-state index < -0.39 is 0 Å². The Morgan fingerprint density at radius 1 is 1.04 bits per heavy atom. The van der Waals surface area contributed by atoms with Crippen LogP contribution in [0, 0.1) is 0 Å². The number of amides is 2. The summed E-state index contributed by atoms with van der Waals surface area (Å²) in [6.07, 6.45) is 0.906. The molecule has 0 aliphatic carbocycles. The highest BCUT2D eigenvalue weighted by Crippen LogP contribution is 2.21. The van der Waals surface area contributed by atoms with Crippen molar-refractivity contribution in [3.05, 3.63) is 59.7 Å². The molecule has 2 rings (SSSR count). The molecule has 5 heteroatoms. The third kappa shape index (κ3) is 6.01. The number of rotatable bonds is 8. The Morgan fingerprint density at radius 3 is 2.42 bits per heavy atom. The third-order valence-corrected chi connectivity index (χ3v) is 4.19. The number of nitrogens with one attached hydrogen (secondary N) is 2. The molecular weight excluding hydrogens is 328 g/mol. The maximum absolute atomic E-state index is 12.2. The van der Waals surface area contributed by atoms with E-state index in [4.69, 9.17) is 4.74 Å². The Morgan fingerprint density at radius 2 is 1.77 bits per heavy atom. The Kier molecular flexibility index (Phi) is 7.36. The van der Waals surface area contributed by atoms with Gasteiger partial charge in [0.25, 0.3) is 5.91 Å². The monoisotopic (exact) mass is 354 g/mol. The average molecular weight is 354 g/mol. The van der Waals surface area contributed by atoms with Gasteiger partial charge < -0.3 is 15.4 Å². The minimum absolute atomic E-state index is 0.0503. The molecular formula is C21H26N2O3. The maximum atomic E-state index is 12.2. The molecule has 0 fully saturated rings. The van der Waals surface area contributed by atoms with E-state index in [9.17, 15) is 9.59 Å². The zero-order valence-corrected chi connectivity index (χ0v) is 15.5. The van der Waals surface area contributed by atoms with Crippen molar-refractivity contribution in [2.75, 3.05) is 13.7 Å². The van der Waals surface area contributed by atoms with Crippen molar-refractivity contribution in [2.24, 2.45) is 0 Å². The van der Waals surface area contributed by atoms with Crippen LogP contribution in [0.25, 0.3) is 11.1 Å². The van der Waals surface area contributed by atoms with Gasteiger partial charge in [-0.25, -0.2) is 0 Å². The van der Waals surface area contributed by atoms with Gasteiger partial charge in [-0.1, -0.05) is 30.3 Å². The molecule has 0 spiro atoms. The largest absolute Gasteiger partial charge is 0.382 e. The quantitative estimate of drug-likeness (QED) is 0.765. The zero-order valence-electron chi connectivity index (χ0n) is 15.5. The smallest absolute Gasteiger partial charge is 0.251 e. The molecule has 138 valence electrons. The highest BCUT2D eigenvalue weighted by Gasteiger charge is 2.07. The molecule has 1 unspecified atom stereocenters. The van der Waals surface area contributed by atoms with E-state index in [-0.39, 0.29) is 17.9 Å². The van der Waals surface area contributed by atoms with Crippen LogP contribution >= 0.6 is 0 Å². The van der Waals surface area contributed by atoms with Crippen LogP contribution in [0.1, 0.15) is 36.2 Å². The predicted molar refractivity (Wildman–Crippen MR) is 103 cm³/mol. The molecule has 5 nitrogen and oxygen atoms in total. The van der Waals surface area contributed by atoms with Gasteiger partial charge in [-0.3, -0.25) is 9.59 Å². The summed E-state index contributed by atoms with van der Waals surface area (Å²) < 4.78 is 5.17. The van der Waals surface area contributed by atoms with Crippen molar-refractivity contribution in [3.63, 3.8) is 0 Å². The first kappa shape index (κ1) is 19.7. The van der Waals surface area contributed by atoms with Crippen LogP contribution in [0.2, 0.25) is 0 Å². The molecule has 2 amide bonds. The van der Waals surface area contributed by atoms with E-state index in [1.54, 1.807) is 7.11 Å². The fraction of sp³-hybridized carbons (Fsp3) is 0.333.